The molecule has 0 aliphatic carbocycles. The van der Waals surface area contributed by atoms with Crippen LogP contribution in [0.5, 0.6) is 0 Å². The number of hydrogen-bond acceptors (Lipinski definition) is 4. The zero-order valence-electron chi connectivity index (χ0n) is 15.5. The van der Waals surface area contributed by atoms with E-state index < -0.39 is 11.0 Å². The van der Waals surface area contributed by atoms with Crippen molar-refractivity contribution in [2.75, 3.05) is 19.6 Å². The summed E-state index contributed by atoms with van der Waals surface area (Å²) in [6.07, 6.45) is 2.41. The lowest BCUT2D eigenvalue weighted by Crippen LogP contribution is -2.52. The number of pyridine rings is 1. The van der Waals surface area contributed by atoms with Gasteiger partial charge in [0.2, 0.25) is 5.91 Å². The molecule has 3 rings (SSSR count). The summed E-state index contributed by atoms with van der Waals surface area (Å²) in [7, 11) is 0. The van der Waals surface area contributed by atoms with Gasteiger partial charge in [0.15, 0.2) is 0 Å². The molecule has 2 saturated heterocycles. The van der Waals surface area contributed by atoms with Crippen LogP contribution in [0, 0.1) is 23.7 Å². The van der Waals surface area contributed by atoms with Crippen molar-refractivity contribution in [1.29, 1.82) is 5.26 Å². The number of H-pyrrole nitrogens is 1. The summed E-state index contributed by atoms with van der Waals surface area (Å²) in [5.74, 6) is -0.0912. The fourth-order valence-electron chi connectivity index (χ4n) is 4.12. The first-order valence-electron chi connectivity index (χ1n) is 9.03. The second-order valence-corrected chi connectivity index (χ2v) is 7.62. The average Bonchev–Trinajstić information content (AvgIpc) is 3.02. The first-order valence-corrected chi connectivity index (χ1v) is 9.03. The number of nitriles is 1. The van der Waals surface area contributed by atoms with Crippen LogP contribution in [0.15, 0.2) is 10.9 Å². The molecule has 2 fully saturated rings. The Morgan fingerprint density at radius 1 is 1.31 bits per heavy atom. The predicted molar refractivity (Wildman–Crippen MR) is 95.6 cm³/mol. The number of piperidine rings is 1. The van der Waals surface area contributed by atoms with Crippen LogP contribution in [0.2, 0.25) is 0 Å². The van der Waals surface area contributed by atoms with E-state index in [0.717, 1.165) is 19.4 Å². The van der Waals surface area contributed by atoms with E-state index >= 15 is 0 Å². The van der Waals surface area contributed by atoms with Crippen LogP contribution in [0.4, 0.5) is 0 Å². The van der Waals surface area contributed by atoms with Crippen molar-refractivity contribution in [3.8, 4) is 6.07 Å². The van der Waals surface area contributed by atoms with E-state index in [1.807, 2.05) is 24.8 Å². The highest BCUT2D eigenvalue weighted by molar-refractivity contribution is 5.96. The highest BCUT2D eigenvalue weighted by atomic mass is 16.2. The SMILES string of the molecule is Cc1[nH]c(=O)c(C#N)cc1C(=O)N1CC[C@]2(CCCN(C(C)C)C2=O)C1. The number of aryl methyl sites for hydroxylation is 1. The zero-order valence-corrected chi connectivity index (χ0v) is 15.5. The van der Waals surface area contributed by atoms with Crippen molar-refractivity contribution >= 4 is 11.8 Å². The van der Waals surface area contributed by atoms with E-state index in [1.165, 1.54) is 6.07 Å². The third-order valence-corrected chi connectivity index (χ3v) is 5.62. The molecule has 7 heteroatoms. The molecule has 1 N–H and O–H groups in total. The Balaban J connectivity index is 1.85. The van der Waals surface area contributed by atoms with Crippen LogP contribution < -0.4 is 5.56 Å². The van der Waals surface area contributed by atoms with Crippen LogP contribution in [0.3, 0.4) is 0 Å². The van der Waals surface area contributed by atoms with Crippen molar-refractivity contribution in [3.63, 3.8) is 0 Å². The third kappa shape index (κ3) is 2.90. The Morgan fingerprint density at radius 3 is 2.69 bits per heavy atom. The van der Waals surface area contributed by atoms with Crippen LogP contribution in [0.1, 0.15) is 54.7 Å². The minimum absolute atomic E-state index is 0.0763. The molecular weight excluding hydrogens is 332 g/mol. The molecule has 0 bridgehead atoms. The number of carbonyl (C=O) groups excluding carboxylic acids is 2. The second-order valence-electron chi connectivity index (χ2n) is 7.62. The molecule has 2 aliphatic heterocycles. The Bertz CT molecular complexity index is 851. The monoisotopic (exact) mass is 356 g/mol. The van der Waals surface area contributed by atoms with E-state index in [9.17, 15) is 14.4 Å². The number of nitrogens with one attached hydrogen (secondary N) is 1. The normalized spacial score (nSPS) is 23.0. The van der Waals surface area contributed by atoms with Crippen molar-refractivity contribution in [2.24, 2.45) is 5.41 Å². The number of hydrogen-bond donors (Lipinski definition) is 1. The van der Waals surface area contributed by atoms with Gasteiger partial charge in [0.05, 0.1) is 11.0 Å². The minimum atomic E-state index is -0.494. The second kappa shape index (κ2) is 6.60. The molecule has 2 aliphatic rings. The lowest BCUT2D eigenvalue weighted by molar-refractivity contribution is -0.147. The van der Waals surface area contributed by atoms with E-state index in [1.54, 1.807) is 11.8 Å². The largest absolute Gasteiger partial charge is 0.340 e. The summed E-state index contributed by atoms with van der Waals surface area (Å²) in [6, 6.07) is 3.32. The fourth-order valence-corrected chi connectivity index (χ4v) is 4.12. The molecule has 0 unspecified atom stereocenters. The summed E-state index contributed by atoms with van der Waals surface area (Å²) >= 11 is 0. The van der Waals surface area contributed by atoms with Crippen LogP contribution >= 0.6 is 0 Å². The number of rotatable bonds is 2. The summed E-state index contributed by atoms with van der Waals surface area (Å²) in [5.41, 5.74) is -0.297. The molecule has 3 heterocycles. The topological polar surface area (TPSA) is 97.3 Å². The number of aromatic amines is 1. The lowest BCUT2D eigenvalue weighted by Gasteiger charge is -2.41. The number of amides is 2. The maximum absolute atomic E-state index is 13.0. The smallest absolute Gasteiger partial charge is 0.266 e. The van der Waals surface area contributed by atoms with Gasteiger partial charge in [-0.3, -0.25) is 14.4 Å². The summed E-state index contributed by atoms with van der Waals surface area (Å²) in [6.45, 7) is 7.36. The van der Waals surface area contributed by atoms with E-state index in [2.05, 4.69) is 4.98 Å². The highest BCUT2D eigenvalue weighted by Crippen LogP contribution is 2.41. The minimum Gasteiger partial charge on any atom is -0.340 e. The molecule has 26 heavy (non-hydrogen) atoms. The Morgan fingerprint density at radius 2 is 2.04 bits per heavy atom. The van der Waals surface area contributed by atoms with E-state index in [0.29, 0.717) is 30.8 Å². The van der Waals surface area contributed by atoms with Gasteiger partial charge in [0.1, 0.15) is 11.6 Å². The number of aromatic nitrogens is 1. The van der Waals surface area contributed by atoms with E-state index in [-0.39, 0.29) is 23.4 Å². The molecule has 2 amide bonds. The van der Waals surface area contributed by atoms with Crippen molar-refractivity contribution in [2.45, 2.75) is 46.1 Å². The molecule has 138 valence electrons. The van der Waals surface area contributed by atoms with Gasteiger partial charge in [0.25, 0.3) is 11.5 Å². The molecule has 0 radical (unpaired) electrons. The fraction of sp³-hybridized carbons (Fsp3) is 0.579. The van der Waals surface area contributed by atoms with Gasteiger partial charge < -0.3 is 14.8 Å². The predicted octanol–water partition coefficient (Wildman–Crippen LogP) is 1.42. The number of carbonyl (C=O) groups is 2. The van der Waals surface area contributed by atoms with Gasteiger partial charge in [-0.1, -0.05) is 0 Å². The molecule has 0 saturated carbocycles. The van der Waals surface area contributed by atoms with Gasteiger partial charge in [-0.2, -0.15) is 5.26 Å². The Labute approximate surface area is 152 Å². The van der Waals surface area contributed by atoms with Crippen molar-refractivity contribution in [1.82, 2.24) is 14.8 Å². The Hall–Kier alpha value is -2.62. The Kier molecular flexibility index (Phi) is 4.61. The lowest BCUT2D eigenvalue weighted by atomic mass is 9.78. The number of nitrogens with zero attached hydrogens (tertiary/aromatic N) is 3. The molecule has 1 spiro atoms. The molecule has 1 aromatic rings. The van der Waals surface area contributed by atoms with Crippen LogP contribution in [-0.2, 0) is 4.79 Å². The van der Waals surface area contributed by atoms with Crippen molar-refractivity contribution in [3.05, 3.63) is 33.2 Å². The molecule has 1 aromatic heterocycles. The van der Waals surface area contributed by atoms with E-state index in [4.69, 9.17) is 5.26 Å². The quantitative estimate of drug-likeness (QED) is 0.866. The average molecular weight is 356 g/mol. The van der Waals surface area contributed by atoms with Crippen molar-refractivity contribution < 1.29 is 9.59 Å². The van der Waals surface area contributed by atoms with Crippen LogP contribution in [-0.4, -0.2) is 52.3 Å². The van der Waals surface area contributed by atoms with Gasteiger partial charge in [0, 0.05) is 31.4 Å². The molecular formula is C19H24N4O3. The van der Waals surface area contributed by atoms with Gasteiger partial charge >= 0.3 is 0 Å². The highest BCUT2D eigenvalue weighted by Gasteiger charge is 2.49. The third-order valence-electron chi connectivity index (χ3n) is 5.62. The zero-order chi connectivity index (χ0) is 19.1. The summed E-state index contributed by atoms with van der Waals surface area (Å²) in [4.78, 5) is 43.8. The maximum Gasteiger partial charge on any atom is 0.266 e. The molecule has 0 aromatic carbocycles. The molecule has 1 atom stereocenters. The maximum atomic E-state index is 13.0. The summed E-state index contributed by atoms with van der Waals surface area (Å²) < 4.78 is 0. The van der Waals surface area contributed by atoms with Gasteiger partial charge in [-0.15, -0.1) is 0 Å². The molecule has 7 nitrogen and oxygen atoms in total. The van der Waals surface area contributed by atoms with Gasteiger partial charge in [-0.05, 0) is 46.1 Å². The first kappa shape index (κ1) is 18.2. The first-order chi connectivity index (χ1) is 12.3. The number of likely N-dealkylation sites (tertiary alicyclic amines) is 2. The summed E-state index contributed by atoms with van der Waals surface area (Å²) in [5, 5.41) is 9.05. The standard InChI is InChI=1S/C19H24N4O3/c1-12(2)23-7-4-5-19(18(23)26)6-8-22(11-19)17(25)15-9-14(10-20)16(24)21-13(15)3/h9,12H,4-8,11H2,1-3H3,(H,21,24)/t19-/m1/s1. The van der Waals surface area contributed by atoms with Gasteiger partial charge in [-0.25, -0.2) is 0 Å². The van der Waals surface area contributed by atoms with Crippen LogP contribution in [0.25, 0.3) is 0 Å².